The highest BCUT2D eigenvalue weighted by Gasteiger charge is 2.20. The van der Waals surface area contributed by atoms with Gasteiger partial charge in [-0.05, 0) is 50.1 Å². The van der Waals surface area contributed by atoms with E-state index < -0.39 is 6.10 Å². The molecule has 1 aromatic carbocycles. The maximum Gasteiger partial charge on any atom is 0.123 e. The molecule has 0 amide bonds. The third-order valence-corrected chi connectivity index (χ3v) is 3.74. The third kappa shape index (κ3) is 2.82. The molecule has 0 aliphatic heterocycles. The molecular formula is C15H16ClFO2. The lowest BCUT2D eigenvalue weighted by atomic mass is 9.98. The number of aliphatic hydroxyl groups is 1. The van der Waals surface area contributed by atoms with E-state index in [0.717, 1.165) is 16.9 Å². The molecule has 2 aromatic rings. The van der Waals surface area contributed by atoms with E-state index in [0.29, 0.717) is 16.3 Å². The second-order valence-electron chi connectivity index (χ2n) is 4.71. The van der Waals surface area contributed by atoms with E-state index in [1.165, 1.54) is 18.2 Å². The summed E-state index contributed by atoms with van der Waals surface area (Å²) >= 11 is 6.01. The van der Waals surface area contributed by atoms with Crippen LogP contribution in [0.25, 0.3) is 0 Å². The zero-order valence-corrected chi connectivity index (χ0v) is 11.9. The van der Waals surface area contributed by atoms with Gasteiger partial charge in [0.1, 0.15) is 17.3 Å². The average Bonchev–Trinajstić information content (AvgIpc) is 2.58. The van der Waals surface area contributed by atoms with Gasteiger partial charge in [0.15, 0.2) is 0 Å². The van der Waals surface area contributed by atoms with E-state index in [1.807, 2.05) is 20.8 Å². The van der Waals surface area contributed by atoms with Crippen LogP contribution in [0.15, 0.2) is 22.6 Å². The summed E-state index contributed by atoms with van der Waals surface area (Å²) in [6, 6.07) is 4.15. The van der Waals surface area contributed by atoms with Gasteiger partial charge in [0.05, 0.1) is 6.10 Å². The summed E-state index contributed by atoms with van der Waals surface area (Å²) in [7, 11) is 0. The number of benzene rings is 1. The Hall–Kier alpha value is -1.32. The molecule has 0 saturated heterocycles. The van der Waals surface area contributed by atoms with E-state index in [1.54, 1.807) is 0 Å². The lowest BCUT2D eigenvalue weighted by molar-refractivity contribution is 0.175. The number of aliphatic hydroxyl groups excluding tert-OH is 1. The molecule has 2 rings (SSSR count). The number of hydrogen-bond donors (Lipinski definition) is 1. The number of aryl methyl sites for hydroxylation is 2. The normalized spacial score (nSPS) is 12.7. The number of furan rings is 1. The second kappa shape index (κ2) is 5.35. The molecule has 1 unspecified atom stereocenters. The van der Waals surface area contributed by atoms with Crippen LogP contribution in [0.5, 0.6) is 0 Å². The van der Waals surface area contributed by atoms with Crippen molar-refractivity contribution in [1.82, 2.24) is 0 Å². The second-order valence-corrected chi connectivity index (χ2v) is 5.12. The van der Waals surface area contributed by atoms with Crippen molar-refractivity contribution in [1.29, 1.82) is 0 Å². The molecule has 2 nitrogen and oxygen atoms in total. The van der Waals surface area contributed by atoms with Gasteiger partial charge in [-0.2, -0.15) is 0 Å². The van der Waals surface area contributed by atoms with E-state index in [-0.39, 0.29) is 12.2 Å². The monoisotopic (exact) mass is 282 g/mol. The Kier molecular flexibility index (Phi) is 3.97. The van der Waals surface area contributed by atoms with Crippen LogP contribution < -0.4 is 0 Å². The highest BCUT2D eigenvalue weighted by atomic mass is 35.5. The predicted molar refractivity (Wildman–Crippen MR) is 73.0 cm³/mol. The van der Waals surface area contributed by atoms with Crippen molar-refractivity contribution in [3.8, 4) is 0 Å². The largest absolute Gasteiger partial charge is 0.466 e. The molecule has 0 spiro atoms. The first-order chi connectivity index (χ1) is 8.90. The topological polar surface area (TPSA) is 33.4 Å². The summed E-state index contributed by atoms with van der Waals surface area (Å²) in [6.07, 6.45) is -0.492. The van der Waals surface area contributed by atoms with Crippen LogP contribution in [0.3, 0.4) is 0 Å². The minimum atomic E-state index is -0.753. The first-order valence-electron chi connectivity index (χ1n) is 6.08. The maximum atomic E-state index is 13.2. The lowest BCUT2D eigenvalue weighted by Crippen LogP contribution is -2.04. The van der Waals surface area contributed by atoms with Crippen molar-refractivity contribution < 1.29 is 13.9 Å². The van der Waals surface area contributed by atoms with Crippen molar-refractivity contribution in [3.63, 3.8) is 0 Å². The van der Waals surface area contributed by atoms with Crippen LogP contribution in [0.4, 0.5) is 4.39 Å². The fourth-order valence-corrected chi connectivity index (χ4v) is 2.50. The lowest BCUT2D eigenvalue weighted by Gasteiger charge is -2.12. The Morgan fingerprint density at radius 3 is 2.53 bits per heavy atom. The summed E-state index contributed by atoms with van der Waals surface area (Å²) in [5, 5.41) is 10.8. The minimum Gasteiger partial charge on any atom is -0.466 e. The van der Waals surface area contributed by atoms with Gasteiger partial charge in [0, 0.05) is 17.0 Å². The Balaban J connectivity index is 2.30. The summed E-state index contributed by atoms with van der Waals surface area (Å²) in [6.45, 7) is 5.57. The molecule has 102 valence electrons. The third-order valence-electron chi connectivity index (χ3n) is 3.37. The van der Waals surface area contributed by atoms with Gasteiger partial charge in [-0.3, -0.25) is 0 Å². The van der Waals surface area contributed by atoms with Crippen LogP contribution in [-0.2, 0) is 6.42 Å². The molecule has 0 aliphatic rings. The van der Waals surface area contributed by atoms with Crippen molar-refractivity contribution in [3.05, 3.63) is 57.2 Å². The van der Waals surface area contributed by atoms with Gasteiger partial charge < -0.3 is 9.52 Å². The van der Waals surface area contributed by atoms with Crippen molar-refractivity contribution in [2.75, 3.05) is 0 Å². The van der Waals surface area contributed by atoms with Crippen LogP contribution in [0.1, 0.15) is 34.3 Å². The molecule has 0 saturated carbocycles. The SMILES string of the molecule is Cc1oc(C)c(C(O)Cc2cc(F)ccc2Cl)c1C. The Morgan fingerprint density at radius 1 is 1.26 bits per heavy atom. The average molecular weight is 283 g/mol. The Bertz CT molecular complexity index is 604. The summed E-state index contributed by atoms with van der Waals surface area (Å²) in [5.41, 5.74) is 2.28. The van der Waals surface area contributed by atoms with Crippen molar-refractivity contribution in [2.24, 2.45) is 0 Å². The number of halogens is 2. The molecule has 0 aliphatic carbocycles. The molecule has 0 bridgehead atoms. The van der Waals surface area contributed by atoms with Crippen molar-refractivity contribution >= 4 is 11.6 Å². The van der Waals surface area contributed by atoms with Gasteiger partial charge in [-0.1, -0.05) is 11.6 Å². The molecule has 0 radical (unpaired) electrons. The molecule has 1 N–H and O–H groups in total. The summed E-state index contributed by atoms with van der Waals surface area (Å²) in [5.74, 6) is 1.12. The molecule has 0 fully saturated rings. The molecular weight excluding hydrogens is 267 g/mol. The molecule has 19 heavy (non-hydrogen) atoms. The smallest absolute Gasteiger partial charge is 0.123 e. The quantitative estimate of drug-likeness (QED) is 0.912. The van der Waals surface area contributed by atoms with E-state index in [4.69, 9.17) is 16.0 Å². The first kappa shape index (κ1) is 14.1. The van der Waals surface area contributed by atoms with Crippen LogP contribution in [-0.4, -0.2) is 5.11 Å². The van der Waals surface area contributed by atoms with Gasteiger partial charge in [0.25, 0.3) is 0 Å². The van der Waals surface area contributed by atoms with Crippen LogP contribution in [0.2, 0.25) is 5.02 Å². The fourth-order valence-electron chi connectivity index (χ4n) is 2.31. The van der Waals surface area contributed by atoms with E-state index >= 15 is 0 Å². The highest BCUT2D eigenvalue weighted by molar-refractivity contribution is 6.31. The number of rotatable bonds is 3. The van der Waals surface area contributed by atoms with Gasteiger partial charge >= 0.3 is 0 Å². The Labute approximate surface area is 116 Å². The zero-order chi connectivity index (χ0) is 14.2. The molecule has 4 heteroatoms. The predicted octanol–water partition coefficient (Wildman–Crippen LogP) is 4.27. The van der Waals surface area contributed by atoms with Crippen LogP contribution in [0, 0.1) is 26.6 Å². The first-order valence-corrected chi connectivity index (χ1v) is 6.46. The molecule has 1 heterocycles. The van der Waals surface area contributed by atoms with Gasteiger partial charge in [-0.15, -0.1) is 0 Å². The molecule has 1 atom stereocenters. The van der Waals surface area contributed by atoms with E-state index in [9.17, 15) is 9.50 Å². The zero-order valence-electron chi connectivity index (χ0n) is 11.1. The van der Waals surface area contributed by atoms with Gasteiger partial charge in [-0.25, -0.2) is 4.39 Å². The molecule has 1 aromatic heterocycles. The Morgan fingerprint density at radius 2 is 1.95 bits per heavy atom. The maximum absolute atomic E-state index is 13.2. The fraction of sp³-hybridized carbons (Fsp3) is 0.333. The van der Waals surface area contributed by atoms with Crippen molar-refractivity contribution in [2.45, 2.75) is 33.3 Å². The van der Waals surface area contributed by atoms with E-state index in [2.05, 4.69) is 0 Å². The van der Waals surface area contributed by atoms with Crippen LogP contribution >= 0.6 is 11.6 Å². The standard InChI is InChI=1S/C15H16ClFO2/c1-8-9(2)19-10(3)15(8)14(18)7-11-6-12(17)4-5-13(11)16/h4-6,14,18H,7H2,1-3H3. The minimum absolute atomic E-state index is 0.261. The summed E-state index contributed by atoms with van der Waals surface area (Å²) in [4.78, 5) is 0. The highest BCUT2D eigenvalue weighted by Crippen LogP contribution is 2.31. The number of hydrogen-bond acceptors (Lipinski definition) is 2. The van der Waals surface area contributed by atoms with Gasteiger partial charge in [0.2, 0.25) is 0 Å². The summed E-state index contributed by atoms with van der Waals surface area (Å²) < 4.78 is 18.7.